The highest BCUT2D eigenvalue weighted by Crippen LogP contribution is 2.26. The number of likely N-dealkylation sites (tertiary alicyclic amines) is 1. The van der Waals surface area contributed by atoms with Gasteiger partial charge in [0, 0.05) is 18.7 Å². The second-order valence-corrected chi connectivity index (χ2v) is 5.24. The molecule has 0 bridgehead atoms. The summed E-state index contributed by atoms with van der Waals surface area (Å²) >= 11 is 0. The summed E-state index contributed by atoms with van der Waals surface area (Å²) in [6.45, 7) is 5.54. The van der Waals surface area contributed by atoms with Gasteiger partial charge in [-0.1, -0.05) is 6.92 Å². The average molecular weight is 249 g/mol. The molecule has 1 aliphatic rings. The van der Waals surface area contributed by atoms with Crippen LogP contribution in [0.15, 0.2) is 18.2 Å². The van der Waals surface area contributed by atoms with Crippen LogP contribution in [0, 0.1) is 5.92 Å². The summed E-state index contributed by atoms with van der Waals surface area (Å²) in [5.41, 5.74) is 0.277. The third-order valence-corrected chi connectivity index (χ3v) is 3.54. The van der Waals surface area contributed by atoms with Gasteiger partial charge in [0.05, 0.1) is 12.1 Å². The van der Waals surface area contributed by atoms with Gasteiger partial charge in [0.1, 0.15) is 11.5 Å². The highest BCUT2D eigenvalue weighted by atomic mass is 16.3. The number of Topliss-reactive ketones (excluding diaryl/α,β-unsaturated/α-hetero) is 1. The summed E-state index contributed by atoms with van der Waals surface area (Å²) in [6.07, 6.45) is 1.11. The lowest BCUT2D eigenvalue weighted by Crippen LogP contribution is -2.32. The number of aromatic hydroxyl groups is 2. The molecule has 0 radical (unpaired) electrons. The Morgan fingerprint density at radius 1 is 1.39 bits per heavy atom. The fraction of sp³-hybridized carbons (Fsp3) is 0.500. The first-order chi connectivity index (χ1) is 8.47. The van der Waals surface area contributed by atoms with Crippen LogP contribution in [-0.2, 0) is 0 Å². The molecule has 0 aromatic heterocycles. The molecule has 0 spiro atoms. The second kappa shape index (κ2) is 4.98. The quantitative estimate of drug-likeness (QED) is 0.804. The van der Waals surface area contributed by atoms with Crippen molar-refractivity contribution in [3.05, 3.63) is 23.8 Å². The molecule has 1 saturated heterocycles. The summed E-state index contributed by atoms with van der Waals surface area (Å²) in [5.74, 6) is 0.321. The van der Waals surface area contributed by atoms with Crippen molar-refractivity contribution in [2.24, 2.45) is 5.92 Å². The number of ketones is 1. The molecule has 2 rings (SSSR count). The molecule has 1 aliphatic heterocycles. The number of benzene rings is 1. The minimum atomic E-state index is -0.153. The number of phenolic OH excluding ortho intramolecular Hbond substituents is 2. The highest BCUT2D eigenvalue weighted by Gasteiger charge is 2.28. The smallest absolute Gasteiger partial charge is 0.180 e. The normalized spacial score (nSPS) is 24.3. The predicted octanol–water partition coefficient (Wildman–Crippen LogP) is 2.01. The van der Waals surface area contributed by atoms with Crippen molar-refractivity contribution >= 4 is 5.78 Å². The van der Waals surface area contributed by atoms with Gasteiger partial charge in [-0.2, -0.15) is 0 Å². The van der Waals surface area contributed by atoms with Gasteiger partial charge in [-0.3, -0.25) is 9.69 Å². The average Bonchev–Trinajstić information content (AvgIpc) is 2.57. The van der Waals surface area contributed by atoms with Gasteiger partial charge in [-0.15, -0.1) is 0 Å². The van der Waals surface area contributed by atoms with Crippen molar-refractivity contribution in [1.29, 1.82) is 0 Å². The van der Waals surface area contributed by atoms with E-state index in [0.717, 1.165) is 13.0 Å². The van der Waals surface area contributed by atoms with E-state index in [1.165, 1.54) is 18.2 Å². The van der Waals surface area contributed by atoms with Crippen LogP contribution in [0.25, 0.3) is 0 Å². The van der Waals surface area contributed by atoms with Crippen LogP contribution in [0.3, 0.4) is 0 Å². The molecule has 0 amide bonds. The summed E-state index contributed by atoms with van der Waals surface area (Å²) in [7, 11) is 0. The van der Waals surface area contributed by atoms with Crippen molar-refractivity contribution < 1.29 is 15.0 Å². The van der Waals surface area contributed by atoms with E-state index in [9.17, 15) is 15.0 Å². The standard InChI is InChI=1S/C14H19NO3/c1-9-5-10(2)15(7-9)8-14(18)12-4-3-11(16)6-13(12)17/h3-4,6,9-10,16-17H,5,7-8H2,1-2H3. The second-order valence-electron chi connectivity index (χ2n) is 5.24. The van der Waals surface area contributed by atoms with Crippen molar-refractivity contribution in [3.8, 4) is 11.5 Å². The molecular weight excluding hydrogens is 230 g/mol. The molecule has 2 atom stereocenters. The molecule has 98 valence electrons. The molecule has 2 N–H and O–H groups in total. The summed E-state index contributed by atoms with van der Waals surface area (Å²) in [6, 6.07) is 4.49. The summed E-state index contributed by atoms with van der Waals surface area (Å²) in [4.78, 5) is 14.2. The van der Waals surface area contributed by atoms with Gasteiger partial charge in [0.15, 0.2) is 5.78 Å². The van der Waals surface area contributed by atoms with E-state index in [0.29, 0.717) is 18.5 Å². The number of nitrogens with zero attached hydrogens (tertiary/aromatic N) is 1. The molecule has 1 heterocycles. The molecule has 4 nitrogen and oxygen atoms in total. The maximum absolute atomic E-state index is 12.1. The minimum absolute atomic E-state index is 0.0350. The van der Waals surface area contributed by atoms with Crippen LogP contribution in [0.4, 0.5) is 0 Å². The molecular formula is C14H19NO3. The first kappa shape index (κ1) is 12.9. The number of carbonyl (C=O) groups excluding carboxylic acids is 1. The Balaban J connectivity index is 2.08. The Hall–Kier alpha value is -1.55. The van der Waals surface area contributed by atoms with Gasteiger partial charge >= 0.3 is 0 Å². The lowest BCUT2D eigenvalue weighted by Gasteiger charge is -2.20. The van der Waals surface area contributed by atoms with Crippen molar-refractivity contribution in [2.45, 2.75) is 26.3 Å². The Morgan fingerprint density at radius 2 is 2.11 bits per heavy atom. The number of phenols is 2. The Labute approximate surface area is 107 Å². The van der Waals surface area contributed by atoms with E-state index < -0.39 is 0 Å². The molecule has 1 aromatic carbocycles. The van der Waals surface area contributed by atoms with Crippen molar-refractivity contribution in [2.75, 3.05) is 13.1 Å². The number of rotatable bonds is 3. The number of carbonyl (C=O) groups is 1. The van der Waals surface area contributed by atoms with Gasteiger partial charge in [-0.25, -0.2) is 0 Å². The third-order valence-electron chi connectivity index (χ3n) is 3.54. The zero-order valence-electron chi connectivity index (χ0n) is 10.8. The highest BCUT2D eigenvalue weighted by molar-refractivity contribution is 6.00. The Bertz CT molecular complexity index is 458. The maximum Gasteiger partial charge on any atom is 0.180 e. The minimum Gasteiger partial charge on any atom is -0.508 e. The summed E-state index contributed by atoms with van der Waals surface area (Å²) in [5, 5.41) is 18.9. The predicted molar refractivity (Wildman–Crippen MR) is 68.9 cm³/mol. The van der Waals surface area contributed by atoms with Crippen LogP contribution in [0.2, 0.25) is 0 Å². The first-order valence-corrected chi connectivity index (χ1v) is 6.26. The lowest BCUT2D eigenvalue weighted by atomic mass is 10.1. The van der Waals surface area contributed by atoms with Gasteiger partial charge in [-0.05, 0) is 31.4 Å². The van der Waals surface area contributed by atoms with E-state index in [1.807, 2.05) is 0 Å². The molecule has 0 aliphatic carbocycles. The van der Waals surface area contributed by atoms with E-state index >= 15 is 0 Å². The van der Waals surface area contributed by atoms with Crippen molar-refractivity contribution in [3.63, 3.8) is 0 Å². The van der Waals surface area contributed by atoms with Crippen LogP contribution in [0.1, 0.15) is 30.6 Å². The van der Waals surface area contributed by atoms with E-state index in [2.05, 4.69) is 18.7 Å². The molecule has 18 heavy (non-hydrogen) atoms. The van der Waals surface area contributed by atoms with Crippen LogP contribution >= 0.6 is 0 Å². The van der Waals surface area contributed by atoms with Gasteiger partial charge in [0.25, 0.3) is 0 Å². The topological polar surface area (TPSA) is 60.8 Å². The van der Waals surface area contributed by atoms with E-state index in [1.54, 1.807) is 0 Å². The molecule has 1 aromatic rings. The van der Waals surface area contributed by atoms with E-state index in [-0.39, 0.29) is 22.8 Å². The van der Waals surface area contributed by atoms with E-state index in [4.69, 9.17) is 0 Å². The fourth-order valence-electron chi connectivity index (χ4n) is 2.63. The van der Waals surface area contributed by atoms with Crippen molar-refractivity contribution in [1.82, 2.24) is 4.90 Å². The third kappa shape index (κ3) is 2.64. The monoisotopic (exact) mass is 249 g/mol. The zero-order valence-corrected chi connectivity index (χ0v) is 10.8. The largest absolute Gasteiger partial charge is 0.508 e. The number of hydrogen-bond acceptors (Lipinski definition) is 4. The number of hydrogen-bond donors (Lipinski definition) is 2. The maximum atomic E-state index is 12.1. The lowest BCUT2D eigenvalue weighted by molar-refractivity contribution is 0.0922. The SMILES string of the molecule is CC1CC(C)N(CC(=O)c2ccc(O)cc2O)C1. The molecule has 4 heteroatoms. The Kier molecular flexibility index (Phi) is 3.57. The zero-order chi connectivity index (χ0) is 13.3. The van der Waals surface area contributed by atoms with Crippen LogP contribution in [0.5, 0.6) is 11.5 Å². The first-order valence-electron chi connectivity index (χ1n) is 6.26. The van der Waals surface area contributed by atoms with Gasteiger partial charge < -0.3 is 10.2 Å². The van der Waals surface area contributed by atoms with Gasteiger partial charge in [0.2, 0.25) is 0 Å². The molecule has 2 unspecified atom stereocenters. The van der Waals surface area contributed by atoms with Crippen LogP contribution in [-0.4, -0.2) is 40.0 Å². The summed E-state index contributed by atoms with van der Waals surface area (Å²) < 4.78 is 0. The fourth-order valence-corrected chi connectivity index (χ4v) is 2.63. The molecule has 1 fully saturated rings. The molecule has 0 saturated carbocycles. The Morgan fingerprint density at radius 3 is 2.67 bits per heavy atom. The van der Waals surface area contributed by atoms with Crippen LogP contribution < -0.4 is 0 Å².